The van der Waals surface area contributed by atoms with Crippen LogP contribution in [0.15, 0.2) is 18.2 Å². The third kappa shape index (κ3) is 3.21. The third-order valence-corrected chi connectivity index (χ3v) is 1.90. The van der Waals surface area contributed by atoms with E-state index >= 15 is 0 Å². The molecule has 1 aromatic carbocycles. The van der Waals surface area contributed by atoms with Crippen molar-refractivity contribution in [3.8, 4) is 23.8 Å². The maximum absolute atomic E-state index is 10.8. The van der Waals surface area contributed by atoms with Gasteiger partial charge in [-0.3, -0.25) is 0 Å². The zero-order chi connectivity index (χ0) is 12.0. The number of terminal acetylenes is 1. The molecule has 0 spiro atoms. The Labute approximate surface area is 94.1 Å². The van der Waals surface area contributed by atoms with Crippen molar-refractivity contribution in [1.82, 2.24) is 0 Å². The minimum atomic E-state index is -0.693. The molecular weight excluding hydrogens is 208 g/mol. The molecule has 4 heteroatoms. The summed E-state index contributed by atoms with van der Waals surface area (Å²) in [7, 11) is 3.10. The SMILES string of the molecule is C#CC(=O)OCc1cc(OC)cc(OC)c1. The molecule has 1 aromatic rings. The number of carbonyl (C=O) groups is 1. The van der Waals surface area contributed by atoms with E-state index in [-0.39, 0.29) is 6.61 Å². The molecule has 0 aliphatic heterocycles. The second kappa shape index (κ2) is 5.66. The Bertz CT molecular complexity index is 395. The highest BCUT2D eigenvalue weighted by Crippen LogP contribution is 2.22. The normalized spacial score (nSPS) is 9.06. The maximum atomic E-state index is 10.8. The number of methoxy groups -OCH3 is 2. The molecule has 0 aliphatic rings. The fourth-order valence-corrected chi connectivity index (χ4v) is 1.14. The van der Waals surface area contributed by atoms with Crippen molar-refractivity contribution in [2.45, 2.75) is 6.61 Å². The van der Waals surface area contributed by atoms with Gasteiger partial charge >= 0.3 is 5.97 Å². The average molecular weight is 220 g/mol. The van der Waals surface area contributed by atoms with Gasteiger partial charge in [-0.2, -0.15) is 0 Å². The first-order valence-electron chi connectivity index (χ1n) is 4.55. The third-order valence-electron chi connectivity index (χ3n) is 1.90. The van der Waals surface area contributed by atoms with Gasteiger partial charge in [0.15, 0.2) is 0 Å². The van der Waals surface area contributed by atoms with Gasteiger partial charge in [-0.05, 0) is 17.7 Å². The van der Waals surface area contributed by atoms with Gasteiger partial charge < -0.3 is 14.2 Å². The van der Waals surface area contributed by atoms with Crippen molar-refractivity contribution >= 4 is 5.97 Å². The lowest BCUT2D eigenvalue weighted by molar-refractivity contribution is -0.137. The molecule has 0 radical (unpaired) electrons. The fraction of sp³-hybridized carbons (Fsp3) is 0.250. The number of ether oxygens (including phenoxy) is 3. The van der Waals surface area contributed by atoms with Crippen LogP contribution < -0.4 is 9.47 Å². The lowest BCUT2D eigenvalue weighted by atomic mass is 10.2. The highest BCUT2D eigenvalue weighted by molar-refractivity contribution is 5.87. The second-order valence-corrected chi connectivity index (χ2v) is 2.94. The Morgan fingerprint density at radius 1 is 1.25 bits per heavy atom. The topological polar surface area (TPSA) is 44.8 Å². The predicted molar refractivity (Wildman–Crippen MR) is 58.2 cm³/mol. The monoisotopic (exact) mass is 220 g/mol. The highest BCUT2D eigenvalue weighted by atomic mass is 16.5. The number of carbonyl (C=O) groups excluding carboxylic acids is 1. The van der Waals surface area contributed by atoms with E-state index in [9.17, 15) is 4.79 Å². The van der Waals surface area contributed by atoms with Crippen LogP contribution in [0.3, 0.4) is 0 Å². The lowest BCUT2D eigenvalue weighted by Gasteiger charge is -2.08. The molecule has 0 unspecified atom stereocenters. The molecule has 0 saturated carbocycles. The van der Waals surface area contributed by atoms with E-state index in [2.05, 4.69) is 0 Å². The molecule has 0 heterocycles. The molecule has 0 bridgehead atoms. The Balaban J connectivity index is 2.79. The van der Waals surface area contributed by atoms with E-state index in [4.69, 9.17) is 20.6 Å². The van der Waals surface area contributed by atoms with Gasteiger partial charge in [-0.1, -0.05) is 0 Å². The smallest absolute Gasteiger partial charge is 0.384 e. The number of esters is 1. The quantitative estimate of drug-likeness (QED) is 0.437. The van der Waals surface area contributed by atoms with Crippen molar-refractivity contribution in [2.75, 3.05) is 14.2 Å². The van der Waals surface area contributed by atoms with Crippen molar-refractivity contribution in [3.05, 3.63) is 23.8 Å². The van der Waals surface area contributed by atoms with Gasteiger partial charge in [0.25, 0.3) is 0 Å². The molecule has 0 fully saturated rings. The minimum Gasteiger partial charge on any atom is -0.497 e. The summed E-state index contributed by atoms with van der Waals surface area (Å²) in [5.41, 5.74) is 0.750. The molecule has 0 N–H and O–H groups in total. The first-order chi connectivity index (χ1) is 7.69. The largest absolute Gasteiger partial charge is 0.497 e. The summed E-state index contributed by atoms with van der Waals surface area (Å²) in [5, 5.41) is 0. The van der Waals surface area contributed by atoms with Crippen LogP contribution in [0, 0.1) is 12.3 Å². The molecule has 4 nitrogen and oxygen atoms in total. The predicted octanol–water partition coefficient (Wildman–Crippen LogP) is 1.38. The van der Waals surface area contributed by atoms with Crippen LogP contribution in [0.2, 0.25) is 0 Å². The van der Waals surface area contributed by atoms with Gasteiger partial charge in [0.2, 0.25) is 0 Å². The Morgan fingerprint density at radius 2 is 1.81 bits per heavy atom. The molecule has 0 saturated heterocycles. The van der Waals surface area contributed by atoms with Crippen molar-refractivity contribution in [1.29, 1.82) is 0 Å². The van der Waals surface area contributed by atoms with E-state index < -0.39 is 5.97 Å². The molecule has 0 aromatic heterocycles. The first-order valence-corrected chi connectivity index (χ1v) is 4.55. The van der Waals surface area contributed by atoms with Gasteiger partial charge in [-0.25, -0.2) is 4.79 Å². The van der Waals surface area contributed by atoms with E-state index in [1.165, 1.54) is 0 Å². The number of benzene rings is 1. The van der Waals surface area contributed by atoms with E-state index in [0.29, 0.717) is 11.5 Å². The van der Waals surface area contributed by atoms with Crippen molar-refractivity contribution in [2.24, 2.45) is 0 Å². The Morgan fingerprint density at radius 3 is 2.25 bits per heavy atom. The molecule has 0 amide bonds. The summed E-state index contributed by atoms with van der Waals surface area (Å²) in [6.07, 6.45) is 4.87. The lowest BCUT2D eigenvalue weighted by Crippen LogP contribution is -2.01. The highest BCUT2D eigenvalue weighted by Gasteiger charge is 2.04. The van der Waals surface area contributed by atoms with Gasteiger partial charge in [0.1, 0.15) is 18.1 Å². The Hall–Kier alpha value is -2.15. The molecule has 84 valence electrons. The average Bonchev–Trinajstić information content (AvgIpc) is 2.35. The zero-order valence-electron chi connectivity index (χ0n) is 9.15. The molecule has 16 heavy (non-hydrogen) atoms. The van der Waals surface area contributed by atoms with Gasteiger partial charge in [-0.15, -0.1) is 6.42 Å². The summed E-state index contributed by atoms with van der Waals surface area (Å²) < 4.78 is 14.9. The molecule has 0 atom stereocenters. The molecular formula is C12H12O4. The first kappa shape index (κ1) is 11.9. The number of rotatable bonds is 4. The number of hydrogen-bond donors (Lipinski definition) is 0. The van der Waals surface area contributed by atoms with Crippen molar-refractivity contribution < 1.29 is 19.0 Å². The molecule has 0 aliphatic carbocycles. The standard InChI is InChI=1S/C12H12O4/c1-4-12(13)16-8-9-5-10(14-2)7-11(6-9)15-3/h1,5-7H,8H2,2-3H3. The van der Waals surface area contributed by atoms with E-state index in [1.807, 2.05) is 5.92 Å². The van der Waals surface area contributed by atoms with Crippen LogP contribution in [0.1, 0.15) is 5.56 Å². The molecule has 1 rings (SSSR count). The number of hydrogen-bond acceptors (Lipinski definition) is 4. The summed E-state index contributed by atoms with van der Waals surface area (Å²) in [5.74, 6) is 2.44. The van der Waals surface area contributed by atoms with Gasteiger partial charge in [0, 0.05) is 12.0 Å². The van der Waals surface area contributed by atoms with Crippen LogP contribution in [0.4, 0.5) is 0 Å². The fourth-order valence-electron chi connectivity index (χ4n) is 1.14. The summed E-state index contributed by atoms with van der Waals surface area (Å²) in [4.78, 5) is 10.8. The van der Waals surface area contributed by atoms with Gasteiger partial charge in [0.05, 0.1) is 14.2 Å². The summed E-state index contributed by atoms with van der Waals surface area (Å²) in [6.45, 7) is 0.0938. The Kier molecular flexibility index (Phi) is 4.22. The maximum Gasteiger partial charge on any atom is 0.384 e. The van der Waals surface area contributed by atoms with Crippen LogP contribution in [0.25, 0.3) is 0 Å². The minimum absolute atomic E-state index is 0.0938. The summed E-state index contributed by atoms with van der Waals surface area (Å²) in [6, 6.07) is 5.21. The van der Waals surface area contributed by atoms with Crippen LogP contribution in [-0.4, -0.2) is 20.2 Å². The van der Waals surface area contributed by atoms with Crippen LogP contribution in [-0.2, 0) is 16.1 Å². The van der Waals surface area contributed by atoms with E-state index in [0.717, 1.165) is 5.56 Å². The zero-order valence-corrected chi connectivity index (χ0v) is 9.15. The van der Waals surface area contributed by atoms with E-state index in [1.54, 1.807) is 32.4 Å². The van der Waals surface area contributed by atoms with Crippen LogP contribution in [0.5, 0.6) is 11.5 Å². The summed E-state index contributed by atoms with van der Waals surface area (Å²) >= 11 is 0. The van der Waals surface area contributed by atoms with Crippen molar-refractivity contribution in [3.63, 3.8) is 0 Å². The second-order valence-electron chi connectivity index (χ2n) is 2.94. The van der Waals surface area contributed by atoms with Crippen LogP contribution >= 0.6 is 0 Å².